The van der Waals surface area contributed by atoms with Gasteiger partial charge in [0.15, 0.2) is 0 Å². The fourth-order valence-electron chi connectivity index (χ4n) is 2.86. The first-order chi connectivity index (χ1) is 9.69. The highest BCUT2D eigenvalue weighted by Gasteiger charge is 2.26. The Balaban J connectivity index is 1.98. The van der Waals surface area contributed by atoms with Crippen molar-refractivity contribution in [3.05, 3.63) is 64.4 Å². The van der Waals surface area contributed by atoms with Crippen LogP contribution in [-0.4, -0.2) is 13.1 Å². The number of halogens is 2. The lowest BCUT2D eigenvalue weighted by molar-refractivity contribution is 0.621. The summed E-state index contributed by atoms with van der Waals surface area (Å²) in [7, 11) is 0. The minimum absolute atomic E-state index is 0.0248. The van der Waals surface area contributed by atoms with E-state index in [4.69, 9.17) is 17.3 Å². The van der Waals surface area contributed by atoms with Gasteiger partial charge in [-0.05, 0) is 41.8 Å². The summed E-state index contributed by atoms with van der Waals surface area (Å²) in [5.74, 6) is -0.211. The summed E-state index contributed by atoms with van der Waals surface area (Å²) in [6.45, 7) is 1.32. The zero-order valence-corrected chi connectivity index (χ0v) is 11.8. The van der Waals surface area contributed by atoms with Gasteiger partial charge in [-0.15, -0.1) is 0 Å². The zero-order valence-electron chi connectivity index (χ0n) is 11.0. The Labute approximate surface area is 123 Å². The molecule has 0 spiro atoms. The van der Waals surface area contributed by atoms with Crippen molar-refractivity contribution >= 4 is 17.3 Å². The van der Waals surface area contributed by atoms with Gasteiger partial charge in [0.25, 0.3) is 0 Å². The van der Waals surface area contributed by atoms with E-state index in [2.05, 4.69) is 4.90 Å². The Morgan fingerprint density at radius 1 is 1.25 bits per heavy atom. The first-order valence-corrected chi connectivity index (χ1v) is 7.07. The molecule has 1 aliphatic heterocycles. The number of hydrogen-bond donors (Lipinski definition) is 1. The van der Waals surface area contributed by atoms with Crippen molar-refractivity contribution in [1.29, 1.82) is 0 Å². The van der Waals surface area contributed by atoms with Crippen LogP contribution in [0.1, 0.15) is 17.2 Å². The van der Waals surface area contributed by atoms with Gasteiger partial charge in [-0.2, -0.15) is 0 Å². The van der Waals surface area contributed by atoms with E-state index in [1.807, 2.05) is 30.3 Å². The molecular formula is C16H16ClFN2. The first-order valence-electron chi connectivity index (χ1n) is 6.69. The van der Waals surface area contributed by atoms with Gasteiger partial charge in [-0.1, -0.05) is 29.8 Å². The Kier molecular flexibility index (Phi) is 3.64. The highest BCUT2D eigenvalue weighted by molar-refractivity contribution is 6.30. The second-order valence-electron chi connectivity index (χ2n) is 5.02. The van der Waals surface area contributed by atoms with E-state index in [1.54, 1.807) is 6.07 Å². The van der Waals surface area contributed by atoms with Gasteiger partial charge < -0.3 is 10.6 Å². The van der Waals surface area contributed by atoms with E-state index in [0.717, 1.165) is 24.2 Å². The highest BCUT2D eigenvalue weighted by atomic mass is 35.5. The fraction of sp³-hybridized carbons (Fsp3) is 0.250. The maximum Gasteiger partial charge on any atom is 0.125 e. The van der Waals surface area contributed by atoms with Gasteiger partial charge in [0.1, 0.15) is 5.82 Å². The maximum absolute atomic E-state index is 13.5. The predicted octanol–water partition coefficient (Wildman–Crippen LogP) is 3.54. The molecule has 0 aromatic heterocycles. The number of nitrogens with zero attached hydrogens (tertiary/aromatic N) is 1. The number of fused-ring (bicyclic) bond motifs is 1. The van der Waals surface area contributed by atoms with Gasteiger partial charge in [-0.3, -0.25) is 0 Å². The topological polar surface area (TPSA) is 29.3 Å². The van der Waals surface area contributed by atoms with Crippen LogP contribution in [0.5, 0.6) is 0 Å². The molecule has 1 aliphatic rings. The molecule has 2 nitrogen and oxygen atoms in total. The van der Waals surface area contributed by atoms with E-state index >= 15 is 0 Å². The average molecular weight is 291 g/mol. The zero-order chi connectivity index (χ0) is 14.1. The molecule has 2 aromatic carbocycles. The molecular weight excluding hydrogens is 275 g/mol. The monoisotopic (exact) mass is 290 g/mol. The summed E-state index contributed by atoms with van der Waals surface area (Å²) in [5, 5.41) is 0.694. The second-order valence-corrected chi connectivity index (χ2v) is 5.46. The molecule has 0 amide bonds. The van der Waals surface area contributed by atoms with Crippen LogP contribution in [0.15, 0.2) is 42.5 Å². The Hall–Kier alpha value is -1.58. The van der Waals surface area contributed by atoms with Crippen molar-refractivity contribution in [2.24, 2.45) is 5.73 Å². The molecule has 104 valence electrons. The number of hydrogen-bond acceptors (Lipinski definition) is 2. The smallest absolute Gasteiger partial charge is 0.125 e. The van der Waals surface area contributed by atoms with Crippen molar-refractivity contribution in [1.82, 2.24) is 0 Å². The molecule has 1 heterocycles. The lowest BCUT2D eigenvalue weighted by Gasteiger charge is -2.30. The Morgan fingerprint density at radius 3 is 2.85 bits per heavy atom. The number of benzene rings is 2. The first kappa shape index (κ1) is 13.4. The van der Waals surface area contributed by atoms with Crippen molar-refractivity contribution in [3.63, 3.8) is 0 Å². The van der Waals surface area contributed by atoms with Crippen LogP contribution >= 0.6 is 11.6 Å². The lowest BCUT2D eigenvalue weighted by atomic mass is 10.1. The summed E-state index contributed by atoms with van der Waals surface area (Å²) in [6.07, 6.45) is 0.923. The summed E-state index contributed by atoms with van der Waals surface area (Å²) < 4.78 is 13.5. The van der Waals surface area contributed by atoms with Gasteiger partial charge in [-0.25, -0.2) is 4.39 Å². The molecule has 4 heteroatoms. The lowest BCUT2D eigenvalue weighted by Crippen LogP contribution is -2.32. The molecule has 1 atom stereocenters. The minimum Gasteiger partial charge on any atom is -0.363 e. The molecule has 0 saturated carbocycles. The van der Waals surface area contributed by atoms with Crippen LogP contribution in [0.3, 0.4) is 0 Å². The molecule has 0 bridgehead atoms. The molecule has 1 unspecified atom stereocenters. The van der Waals surface area contributed by atoms with E-state index in [0.29, 0.717) is 11.6 Å². The SMILES string of the molecule is NCC(c1cccc(Cl)c1)N1CCc2ccc(F)cc21. The third-order valence-corrected chi connectivity index (χ3v) is 4.05. The summed E-state index contributed by atoms with van der Waals surface area (Å²) in [6, 6.07) is 12.7. The largest absolute Gasteiger partial charge is 0.363 e. The minimum atomic E-state index is -0.211. The number of nitrogens with two attached hydrogens (primary N) is 1. The molecule has 0 aliphatic carbocycles. The van der Waals surface area contributed by atoms with Crippen LogP contribution in [0, 0.1) is 5.82 Å². The van der Waals surface area contributed by atoms with E-state index in [-0.39, 0.29) is 11.9 Å². The third kappa shape index (κ3) is 2.39. The van der Waals surface area contributed by atoms with Crippen molar-refractivity contribution < 1.29 is 4.39 Å². The standard InChI is InChI=1S/C16H16ClFN2/c17-13-3-1-2-12(8-13)16(10-19)20-7-6-11-4-5-14(18)9-15(11)20/h1-5,8-9,16H,6-7,10,19H2. The van der Waals surface area contributed by atoms with Crippen LogP contribution in [0.4, 0.5) is 10.1 Å². The van der Waals surface area contributed by atoms with Crippen molar-refractivity contribution in [2.75, 3.05) is 18.0 Å². The maximum atomic E-state index is 13.5. The third-order valence-electron chi connectivity index (χ3n) is 3.81. The van der Waals surface area contributed by atoms with Gasteiger partial charge >= 0.3 is 0 Å². The molecule has 2 aromatic rings. The van der Waals surface area contributed by atoms with Crippen LogP contribution in [0.2, 0.25) is 5.02 Å². The number of rotatable bonds is 3. The van der Waals surface area contributed by atoms with E-state index in [9.17, 15) is 4.39 Å². The van der Waals surface area contributed by atoms with E-state index in [1.165, 1.54) is 11.6 Å². The van der Waals surface area contributed by atoms with Crippen LogP contribution in [-0.2, 0) is 6.42 Å². The highest BCUT2D eigenvalue weighted by Crippen LogP contribution is 2.35. The molecule has 0 saturated heterocycles. The fourth-order valence-corrected chi connectivity index (χ4v) is 3.06. The number of anilines is 1. The molecule has 0 radical (unpaired) electrons. The molecule has 20 heavy (non-hydrogen) atoms. The normalized spacial score (nSPS) is 15.2. The second kappa shape index (κ2) is 5.43. The van der Waals surface area contributed by atoms with Gasteiger partial charge in [0.05, 0.1) is 6.04 Å². The van der Waals surface area contributed by atoms with Crippen LogP contribution < -0.4 is 10.6 Å². The summed E-state index contributed by atoms with van der Waals surface area (Å²) in [4.78, 5) is 2.17. The van der Waals surface area contributed by atoms with Gasteiger partial charge in [0, 0.05) is 23.8 Å². The molecule has 2 N–H and O–H groups in total. The molecule has 0 fully saturated rings. The summed E-state index contributed by atoms with van der Waals surface area (Å²) in [5.41, 5.74) is 9.14. The predicted molar refractivity (Wildman–Crippen MR) is 80.7 cm³/mol. The van der Waals surface area contributed by atoms with Crippen molar-refractivity contribution in [3.8, 4) is 0 Å². The average Bonchev–Trinajstić information content (AvgIpc) is 2.83. The van der Waals surface area contributed by atoms with E-state index < -0.39 is 0 Å². The quantitative estimate of drug-likeness (QED) is 0.937. The molecule has 3 rings (SSSR count). The Morgan fingerprint density at radius 2 is 2.10 bits per heavy atom. The summed E-state index contributed by atoms with van der Waals surface area (Å²) >= 11 is 6.06. The van der Waals surface area contributed by atoms with Crippen LogP contribution in [0.25, 0.3) is 0 Å². The Bertz CT molecular complexity index is 630. The van der Waals surface area contributed by atoms with Gasteiger partial charge in [0.2, 0.25) is 0 Å². The van der Waals surface area contributed by atoms with Crippen molar-refractivity contribution in [2.45, 2.75) is 12.5 Å².